The number of rotatable bonds is 2. The minimum atomic E-state index is -4.51. The van der Waals surface area contributed by atoms with Crippen LogP contribution in [0.5, 0.6) is 0 Å². The summed E-state index contributed by atoms with van der Waals surface area (Å²) in [5.41, 5.74) is -1.24. The molecule has 1 aliphatic rings. The van der Waals surface area contributed by atoms with Crippen LogP contribution in [0.4, 0.5) is 13.2 Å². The molecule has 0 aliphatic carbocycles. The van der Waals surface area contributed by atoms with E-state index in [2.05, 4.69) is 4.98 Å². The highest BCUT2D eigenvalue weighted by Crippen LogP contribution is 2.34. The summed E-state index contributed by atoms with van der Waals surface area (Å²) in [6, 6.07) is 3.08. The highest BCUT2D eigenvalue weighted by atomic mass is 19.4. The maximum absolute atomic E-state index is 13.0. The summed E-state index contributed by atoms with van der Waals surface area (Å²) in [7, 11) is 1.65. The molecular formula is C19H18F3N3O3. The minimum Gasteiger partial charge on any atom is -0.448 e. The number of hydrogen-bond donors (Lipinski definition) is 0. The molecule has 148 valence electrons. The van der Waals surface area contributed by atoms with Gasteiger partial charge in [-0.1, -0.05) is 13.3 Å². The van der Waals surface area contributed by atoms with Gasteiger partial charge in [0.05, 0.1) is 18.0 Å². The maximum atomic E-state index is 13.0. The molecule has 0 spiro atoms. The van der Waals surface area contributed by atoms with Crippen LogP contribution in [-0.4, -0.2) is 27.4 Å². The number of fused-ring (bicyclic) bond motifs is 4. The van der Waals surface area contributed by atoms with E-state index >= 15 is 0 Å². The van der Waals surface area contributed by atoms with Crippen molar-refractivity contribution in [1.29, 1.82) is 0 Å². The highest BCUT2D eigenvalue weighted by molar-refractivity contribution is 6.02. The van der Waals surface area contributed by atoms with Crippen LogP contribution in [0, 0.1) is 5.92 Å². The predicted molar refractivity (Wildman–Crippen MR) is 95.6 cm³/mol. The summed E-state index contributed by atoms with van der Waals surface area (Å²) in [6.45, 7) is 2.29. The Morgan fingerprint density at radius 3 is 2.71 bits per heavy atom. The Labute approximate surface area is 157 Å². The fourth-order valence-corrected chi connectivity index (χ4v) is 3.72. The summed E-state index contributed by atoms with van der Waals surface area (Å²) >= 11 is 0. The Bertz CT molecular complexity index is 1150. The topological polar surface area (TPSA) is 68.3 Å². The van der Waals surface area contributed by atoms with Gasteiger partial charge in [0, 0.05) is 19.0 Å². The summed E-state index contributed by atoms with van der Waals surface area (Å²) in [4.78, 5) is 31.6. The molecule has 0 saturated heterocycles. The monoisotopic (exact) mass is 393 g/mol. The van der Waals surface area contributed by atoms with E-state index in [0.29, 0.717) is 17.6 Å². The van der Waals surface area contributed by atoms with E-state index in [-0.39, 0.29) is 41.6 Å². The van der Waals surface area contributed by atoms with Crippen LogP contribution in [0.1, 0.15) is 31.2 Å². The third kappa shape index (κ3) is 2.85. The number of benzene rings is 1. The number of aromatic nitrogens is 2. The fraction of sp³-hybridized carbons (Fsp3) is 0.421. The Morgan fingerprint density at radius 2 is 2.04 bits per heavy atom. The minimum absolute atomic E-state index is 0.0373. The normalized spacial score (nSPS) is 18.0. The average molecular weight is 393 g/mol. The summed E-state index contributed by atoms with van der Waals surface area (Å²) in [6.07, 6.45) is -3.10. The molecule has 4 rings (SSSR count). The van der Waals surface area contributed by atoms with Crippen molar-refractivity contribution >= 4 is 28.0 Å². The van der Waals surface area contributed by atoms with Crippen LogP contribution in [0.2, 0.25) is 0 Å². The van der Waals surface area contributed by atoms with Gasteiger partial charge in [0.25, 0.3) is 5.56 Å². The van der Waals surface area contributed by atoms with E-state index in [9.17, 15) is 22.8 Å². The first kappa shape index (κ1) is 18.5. The molecule has 2 aromatic heterocycles. The zero-order chi connectivity index (χ0) is 20.2. The van der Waals surface area contributed by atoms with E-state index in [4.69, 9.17) is 4.42 Å². The first-order valence-electron chi connectivity index (χ1n) is 8.99. The molecule has 1 unspecified atom stereocenters. The fourth-order valence-electron chi connectivity index (χ4n) is 3.72. The molecule has 28 heavy (non-hydrogen) atoms. The number of halogens is 3. The number of hydrogen-bond acceptors (Lipinski definition) is 4. The second-order valence-corrected chi connectivity index (χ2v) is 7.11. The number of amides is 1. The molecule has 1 amide bonds. The van der Waals surface area contributed by atoms with E-state index in [0.717, 1.165) is 18.6 Å². The number of carbonyl (C=O) groups excluding carboxylic acids is 1. The number of carbonyl (C=O) groups is 1. The van der Waals surface area contributed by atoms with Crippen molar-refractivity contribution in [3.05, 3.63) is 39.9 Å². The zero-order valence-electron chi connectivity index (χ0n) is 15.3. The van der Waals surface area contributed by atoms with Gasteiger partial charge in [0.15, 0.2) is 0 Å². The quantitative estimate of drug-likeness (QED) is 0.668. The van der Waals surface area contributed by atoms with Gasteiger partial charge < -0.3 is 9.32 Å². The van der Waals surface area contributed by atoms with Crippen molar-refractivity contribution in [3.8, 4) is 0 Å². The molecule has 9 heteroatoms. The van der Waals surface area contributed by atoms with Crippen molar-refractivity contribution in [2.24, 2.45) is 5.92 Å². The molecule has 6 nitrogen and oxygen atoms in total. The lowest BCUT2D eigenvalue weighted by Crippen LogP contribution is -2.31. The lowest BCUT2D eigenvalue weighted by Gasteiger charge is -2.18. The molecule has 0 N–H and O–H groups in total. The Balaban J connectivity index is 1.93. The van der Waals surface area contributed by atoms with Crippen molar-refractivity contribution in [3.63, 3.8) is 0 Å². The number of nitrogens with zero attached hydrogens (tertiary/aromatic N) is 3. The second kappa shape index (κ2) is 6.35. The predicted octanol–water partition coefficient (Wildman–Crippen LogP) is 3.55. The molecule has 0 bridgehead atoms. The Hall–Kier alpha value is -2.84. The molecule has 3 heterocycles. The van der Waals surface area contributed by atoms with Crippen molar-refractivity contribution < 1.29 is 22.4 Å². The summed E-state index contributed by atoms with van der Waals surface area (Å²) < 4.78 is 45.8. The summed E-state index contributed by atoms with van der Waals surface area (Å²) in [5, 5.41) is 0.340. The van der Waals surface area contributed by atoms with Gasteiger partial charge in [-0.3, -0.25) is 14.2 Å². The molecule has 1 aromatic carbocycles. The summed E-state index contributed by atoms with van der Waals surface area (Å²) in [5.74, 6) is -0.00740. The lowest BCUT2D eigenvalue weighted by atomic mass is 10.0. The maximum Gasteiger partial charge on any atom is 0.416 e. The van der Waals surface area contributed by atoms with Gasteiger partial charge in [-0.15, -0.1) is 0 Å². The van der Waals surface area contributed by atoms with E-state index < -0.39 is 17.3 Å². The molecule has 0 radical (unpaired) electrons. The van der Waals surface area contributed by atoms with Gasteiger partial charge in [-0.25, -0.2) is 4.98 Å². The van der Waals surface area contributed by atoms with Gasteiger partial charge in [-0.05, 0) is 24.6 Å². The first-order valence-corrected chi connectivity index (χ1v) is 8.99. The van der Waals surface area contributed by atoms with E-state index in [1.165, 1.54) is 15.5 Å². The van der Waals surface area contributed by atoms with Crippen LogP contribution in [0.25, 0.3) is 22.1 Å². The van der Waals surface area contributed by atoms with Crippen LogP contribution >= 0.6 is 0 Å². The lowest BCUT2D eigenvalue weighted by molar-refractivity contribution is -0.137. The highest BCUT2D eigenvalue weighted by Gasteiger charge is 2.32. The van der Waals surface area contributed by atoms with Crippen LogP contribution in [-0.2, 0) is 24.1 Å². The van der Waals surface area contributed by atoms with Crippen molar-refractivity contribution in [1.82, 2.24) is 14.5 Å². The van der Waals surface area contributed by atoms with Crippen LogP contribution in [0.15, 0.2) is 27.4 Å². The largest absolute Gasteiger partial charge is 0.448 e. The third-order valence-electron chi connectivity index (χ3n) is 5.13. The molecule has 0 saturated carbocycles. The molecule has 0 fully saturated rings. The van der Waals surface area contributed by atoms with Gasteiger partial charge in [-0.2, -0.15) is 13.2 Å². The smallest absolute Gasteiger partial charge is 0.416 e. The standard InChI is InChI=1S/C19H18F3N3O3/c1-3-4-10-8-25-14(9-24(2)17(10)26)23-15-12-6-5-11(19(20,21)22)7-13(12)28-16(15)18(25)27/h5-7,10H,3-4,8-9H2,1-2H3. The van der Waals surface area contributed by atoms with Crippen LogP contribution < -0.4 is 5.56 Å². The Morgan fingerprint density at radius 1 is 1.29 bits per heavy atom. The van der Waals surface area contributed by atoms with Gasteiger partial charge in [0.2, 0.25) is 11.5 Å². The SMILES string of the molecule is CCCC1Cn2c(nc3c(oc4cc(C(F)(F)F)ccc43)c2=O)CN(C)C1=O. The Kier molecular flexibility index (Phi) is 4.20. The zero-order valence-corrected chi connectivity index (χ0v) is 15.3. The molecular weight excluding hydrogens is 375 g/mol. The molecule has 1 aliphatic heterocycles. The van der Waals surface area contributed by atoms with Crippen molar-refractivity contribution in [2.75, 3.05) is 7.05 Å². The molecule has 3 aromatic rings. The molecule has 1 atom stereocenters. The average Bonchev–Trinajstić information content (AvgIpc) is 2.95. The van der Waals surface area contributed by atoms with E-state index in [1.54, 1.807) is 7.05 Å². The number of alkyl halides is 3. The van der Waals surface area contributed by atoms with Crippen molar-refractivity contribution in [2.45, 2.75) is 39.0 Å². The van der Waals surface area contributed by atoms with Gasteiger partial charge >= 0.3 is 6.18 Å². The van der Waals surface area contributed by atoms with Gasteiger partial charge in [0.1, 0.15) is 16.9 Å². The first-order chi connectivity index (χ1) is 13.2. The number of furan rings is 1. The third-order valence-corrected chi connectivity index (χ3v) is 5.13. The van der Waals surface area contributed by atoms with E-state index in [1.807, 2.05) is 6.92 Å². The van der Waals surface area contributed by atoms with Crippen LogP contribution in [0.3, 0.4) is 0 Å². The second-order valence-electron chi connectivity index (χ2n) is 7.11.